The van der Waals surface area contributed by atoms with Gasteiger partial charge in [-0.05, 0) is 33.9 Å². The molecule has 2 N–H and O–H groups in total. The maximum absolute atomic E-state index is 11.5. The molecule has 2 rings (SSSR count). The second-order valence-corrected chi connectivity index (χ2v) is 8.75. The first-order chi connectivity index (χ1) is 11.0. The molecule has 0 radical (unpaired) electrons. The highest BCUT2D eigenvalue weighted by atomic mass is 32.1. The lowest BCUT2D eigenvalue weighted by Gasteiger charge is -2.25. The van der Waals surface area contributed by atoms with E-state index in [-0.39, 0.29) is 17.2 Å². The van der Waals surface area contributed by atoms with Gasteiger partial charge in [-0.15, -0.1) is 11.3 Å². The second-order valence-electron chi connectivity index (χ2n) is 7.34. The van der Waals surface area contributed by atoms with Crippen LogP contribution in [0.1, 0.15) is 71.2 Å². The second kappa shape index (κ2) is 6.69. The zero-order valence-corrected chi connectivity index (χ0v) is 16.4. The average Bonchev–Trinajstić information content (AvgIpc) is 3.01. The molecule has 0 saturated carbocycles. The summed E-state index contributed by atoms with van der Waals surface area (Å²) in [6.45, 7) is 13.1. The van der Waals surface area contributed by atoms with E-state index >= 15 is 0 Å². The Kier molecular flexibility index (Phi) is 5.20. The van der Waals surface area contributed by atoms with E-state index in [0.717, 1.165) is 22.0 Å². The Balaban J connectivity index is 2.29. The number of nitrogens with zero attached hydrogens (tertiary/aromatic N) is 2. The maximum atomic E-state index is 11.5. The zero-order chi connectivity index (χ0) is 18.2. The molecular formula is C18H27N3O2S. The molecule has 0 aliphatic rings. The Morgan fingerprint density at radius 3 is 2.50 bits per heavy atom. The lowest BCUT2D eigenvalue weighted by Crippen LogP contribution is -2.24. The zero-order valence-electron chi connectivity index (χ0n) is 15.6. The summed E-state index contributed by atoms with van der Waals surface area (Å²) in [6, 6.07) is 1.94. The topological polar surface area (TPSA) is 72.4 Å². The minimum atomic E-state index is -0.534. The number of aryl methyl sites for hydroxylation is 2. The number of thiazole rings is 1. The molecule has 1 unspecified atom stereocenters. The van der Waals surface area contributed by atoms with Gasteiger partial charge < -0.3 is 10.2 Å². The molecule has 2 aromatic heterocycles. The molecule has 6 heteroatoms. The van der Waals surface area contributed by atoms with Crippen molar-refractivity contribution in [3.63, 3.8) is 0 Å². The number of carbonyl (C=O) groups excluding carboxylic acids is 1. The lowest BCUT2D eigenvalue weighted by atomic mass is 9.90. The number of rotatable bonds is 5. The molecule has 0 spiro atoms. The van der Waals surface area contributed by atoms with Gasteiger partial charge in [0.1, 0.15) is 5.76 Å². The van der Waals surface area contributed by atoms with Crippen molar-refractivity contribution in [2.75, 3.05) is 7.05 Å². The lowest BCUT2D eigenvalue weighted by molar-refractivity contribution is 0.0970. The van der Waals surface area contributed by atoms with Crippen LogP contribution in [-0.4, -0.2) is 22.8 Å². The van der Waals surface area contributed by atoms with Gasteiger partial charge in [-0.1, -0.05) is 20.8 Å². The number of furan rings is 1. The minimum absolute atomic E-state index is 0.176. The van der Waals surface area contributed by atoms with Crippen molar-refractivity contribution in [1.29, 1.82) is 0 Å². The van der Waals surface area contributed by atoms with Gasteiger partial charge in [0.05, 0.1) is 16.7 Å². The Morgan fingerprint density at radius 1 is 1.42 bits per heavy atom. The Labute approximate surface area is 147 Å². The van der Waals surface area contributed by atoms with E-state index in [4.69, 9.17) is 10.2 Å². The smallest absolute Gasteiger partial charge is 0.284 e. The monoisotopic (exact) mass is 349 g/mol. The van der Waals surface area contributed by atoms with Crippen molar-refractivity contribution in [3.05, 3.63) is 38.7 Å². The molecule has 0 aromatic carbocycles. The number of nitrogens with two attached hydrogens (primary N) is 1. The fourth-order valence-corrected chi connectivity index (χ4v) is 3.76. The SMILES string of the molecule is Cc1nc(C(C)N(C)Cc2cc(C(N)=O)oc2C(C)(C)C)c(C)s1. The fourth-order valence-electron chi connectivity index (χ4n) is 2.85. The summed E-state index contributed by atoms with van der Waals surface area (Å²) in [4.78, 5) is 19.6. The summed E-state index contributed by atoms with van der Waals surface area (Å²) < 4.78 is 5.74. The van der Waals surface area contributed by atoms with Crippen molar-refractivity contribution in [2.24, 2.45) is 5.73 Å². The molecule has 0 aliphatic heterocycles. The van der Waals surface area contributed by atoms with Gasteiger partial charge in [0.15, 0.2) is 5.76 Å². The predicted molar refractivity (Wildman–Crippen MR) is 97.4 cm³/mol. The van der Waals surface area contributed by atoms with Crippen LogP contribution in [0.5, 0.6) is 0 Å². The average molecular weight is 350 g/mol. The molecule has 0 bridgehead atoms. The van der Waals surface area contributed by atoms with Crippen molar-refractivity contribution >= 4 is 17.2 Å². The summed E-state index contributed by atoms with van der Waals surface area (Å²) >= 11 is 1.72. The number of amides is 1. The van der Waals surface area contributed by atoms with Gasteiger partial charge >= 0.3 is 0 Å². The third-order valence-electron chi connectivity index (χ3n) is 4.15. The summed E-state index contributed by atoms with van der Waals surface area (Å²) in [5.41, 5.74) is 7.30. The van der Waals surface area contributed by atoms with Crippen LogP contribution in [0.15, 0.2) is 10.5 Å². The van der Waals surface area contributed by atoms with E-state index < -0.39 is 5.91 Å². The maximum Gasteiger partial charge on any atom is 0.284 e. The van der Waals surface area contributed by atoms with Crippen molar-refractivity contribution in [3.8, 4) is 0 Å². The number of hydrogen-bond donors (Lipinski definition) is 1. The van der Waals surface area contributed by atoms with Crippen molar-refractivity contribution < 1.29 is 9.21 Å². The summed E-state index contributed by atoms with van der Waals surface area (Å²) in [6.07, 6.45) is 0. The van der Waals surface area contributed by atoms with E-state index in [1.54, 1.807) is 17.4 Å². The first-order valence-electron chi connectivity index (χ1n) is 8.08. The van der Waals surface area contributed by atoms with Crippen LogP contribution < -0.4 is 5.73 Å². The number of carbonyl (C=O) groups is 1. The van der Waals surface area contributed by atoms with Gasteiger partial charge in [0, 0.05) is 22.4 Å². The first-order valence-corrected chi connectivity index (χ1v) is 8.89. The van der Waals surface area contributed by atoms with Gasteiger partial charge in [-0.2, -0.15) is 0 Å². The van der Waals surface area contributed by atoms with Crippen LogP contribution in [0.25, 0.3) is 0 Å². The number of aromatic nitrogens is 1. The normalized spacial score (nSPS) is 13.5. The predicted octanol–water partition coefficient (Wildman–Crippen LogP) is 3.94. The highest BCUT2D eigenvalue weighted by molar-refractivity contribution is 7.11. The van der Waals surface area contributed by atoms with E-state index in [9.17, 15) is 4.79 Å². The Hall–Kier alpha value is -1.66. The largest absolute Gasteiger partial charge is 0.455 e. The highest BCUT2D eigenvalue weighted by Crippen LogP contribution is 2.32. The van der Waals surface area contributed by atoms with Gasteiger partial charge in [-0.3, -0.25) is 9.69 Å². The van der Waals surface area contributed by atoms with Crippen molar-refractivity contribution in [1.82, 2.24) is 9.88 Å². The van der Waals surface area contributed by atoms with Crippen LogP contribution in [0, 0.1) is 13.8 Å². The standard InChI is InChI=1S/C18H27N3O2S/c1-10(15-11(2)24-12(3)20-15)21(7)9-13-8-14(17(19)22)23-16(13)18(4,5)6/h8,10H,9H2,1-7H3,(H2,19,22). The molecule has 1 atom stereocenters. The van der Waals surface area contributed by atoms with Gasteiger partial charge in [0.2, 0.25) is 0 Å². The third kappa shape index (κ3) is 3.87. The van der Waals surface area contributed by atoms with Gasteiger partial charge in [0.25, 0.3) is 5.91 Å². The molecule has 2 aromatic rings. The van der Waals surface area contributed by atoms with Crippen LogP contribution in [0.2, 0.25) is 0 Å². The van der Waals surface area contributed by atoms with Crippen LogP contribution in [0.3, 0.4) is 0 Å². The number of hydrogen-bond acceptors (Lipinski definition) is 5. The minimum Gasteiger partial charge on any atom is -0.455 e. The molecule has 2 heterocycles. The fraction of sp³-hybridized carbons (Fsp3) is 0.556. The van der Waals surface area contributed by atoms with Crippen LogP contribution in [-0.2, 0) is 12.0 Å². The Morgan fingerprint density at radius 2 is 2.04 bits per heavy atom. The van der Waals surface area contributed by atoms with Gasteiger partial charge in [-0.25, -0.2) is 4.98 Å². The molecule has 5 nitrogen and oxygen atoms in total. The van der Waals surface area contributed by atoms with Crippen LogP contribution >= 0.6 is 11.3 Å². The quantitative estimate of drug-likeness (QED) is 0.887. The van der Waals surface area contributed by atoms with Crippen LogP contribution in [0.4, 0.5) is 0 Å². The molecule has 0 fully saturated rings. The van der Waals surface area contributed by atoms with E-state index in [1.807, 2.05) is 6.92 Å². The summed E-state index contributed by atoms with van der Waals surface area (Å²) in [7, 11) is 2.06. The molecule has 132 valence electrons. The Bertz CT molecular complexity index is 740. The van der Waals surface area contributed by atoms with E-state index in [1.165, 1.54) is 4.88 Å². The molecule has 0 aliphatic carbocycles. The highest BCUT2D eigenvalue weighted by Gasteiger charge is 2.27. The molecular weight excluding hydrogens is 322 g/mol. The number of primary amides is 1. The van der Waals surface area contributed by atoms with E-state index in [2.05, 4.69) is 51.6 Å². The summed E-state index contributed by atoms with van der Waals surface area (Å²) in [5, 5.41) is 1.08. The third-order valence-corrected chi connectivity index (χ3v) is 5.05. The van der Waals surface area contributed by atoms with Crippen molar-refractivity contribution in [2.45, 2.75) is 59.5 Å². The molecule has 1 amide bonds. The molecule has 0 saturated heterocycles. The van der Waals surface area contributed by atoms with E-state index in [0.29, 0.717) is 6.54 Å². The molecule has 24 heavy (non-hydrogen) atoms. The first kappa shape index (κ1) is 18.7. The summed E-state index contributed by atoms with van der Waals surface area (Å²) in [5.74, 6) is 0.492.